The zero-order valence-electron chi connectivity index (χ0n) is 12.3. The lowest BCUT2D eigenvalue weighted by Gasteiger charge is -2.39. The SMILES string of the molecule is CNS(=O)(=O)c1ccc(C(=O)NC2CC(N(C)C)C2)cn1. The summed E-state index contributed by atoms with van der Waals surface area (Å²) in [7, 11) is 1.79. The Balaban J connectivity index is 1.95. The van der Waals surface area contributed by atoms with Crippen LogP contribution < -0.4 is 10.0 Å². The van der Waals surface area contributed by atoms with E-state index in [-0.39, 0.29) is 17.0 Å². The molecular formula is C13H20N4O3S. The van der Waals surface area contributed by atoms with E-state index in [0.717, 1.165) is 12.8 Å². The maximum Gasteiger partial charge on any atom is 0.257 e. The van der Waals surface area contributed by atoms with Crippen molar-refractivity contribution >= 4 is 15.9 Å². The van der Waals surface area contributed by atoms with Crippen LogP contribution in [0.1, 0.15) is 23.2 Å². The van der Waals surface area contributed by atoms with Gasteiger partial charge < -0.3 is 10.2 Å². The molecule has 1 heterocycles. The molecule has 7 nitrogen and oxygen atoms in total. The fourth-order valence-corrected chi connectivity index (χ4v) is 2.82. The van der Waals surface area contributed by atoms with Gasteiger partial charge in [-0.3, -0.25) is 4.79 Å². The number of hydrogen-bond acceptors (Lipinski definition) is 5. The first-order valence-corrected chi connectivity index (χ1v) is 8.18. The Kier molecular flexibility index (Phi) is 4.60. The normalized spacial score (nSPS) is 21.9. The zero-order valence-corrected chi connectivity index (χ0v) is 13.1. The number of carbonyl (C=O) groups is 1. The molecule has 0 atom stereocenters. The molecule has 8 heteroatoms. The van der Waals surface area contributed by atoms with Gasteiger partial charge in [-0.2, -0.15) is 0 Å². The third kappa shape index (κ3) is 3.58. The number of nitrogens with one attached hydrogen (secondary N) is 2. The van der Waals surface area contributed by atoms with Crippen molar-refractivity contribution in [1.82, 2.24) is 19.9 Å². The van der Waals surface area contributed by atoms with Crippen molar-refractivity contribution in [2.24, 2.45) is 0 Å². The Hall–Kier alpha value is -1.51. The summed E-state index contributed by atoms with van der Waals surface area (Å²) >= 11 is 0. The fraction of sp³-hybridized carbons (Fsp3) is 0.538. The van der Waals surface area contributed by atoms with Crippen LogP contribution in [-0.2, 0) is 10.0 Å². The first-order chi connectivity index (χ1) is 9.83. The molecule has 1 aliphatic carbocycles. The summed E-state index contributed by atoms with van der Waals surface area (Å²) in [6.45, 7) is 0. The van der Waals surface area contributed by atoms with Gasteiger partial charge in [0.05, 0.1) is 5.56 Å². The van der Waals surface area contributed by atoms with Crippen LogP contribution in [-0.4, -0.2) is 57.4 Å². The van der Waals surface area contributed by atoms with Crippen molar-refractivity contribution in [2.75, 3.05) is 21.1 Å². The summed E-state index contributed by atoms with van der Waals surface area (Å²) in [4.78, 5) is 18.0. The second kappa shape index (κ2) is 6.08. The van der Waals surface area contributed by atoms with Crippen LogP contribution >= 0.6 is 0 Å². The molecule has 21 heavy (non-hydrogen) atoms. The molecule has 1 fully saturated rings. The van der Waals surface area contributed by atoms with Gasteiger partial charge in [0.25, 0.3) is 15.9 Å². The predicted octanol–water partition coefficient (Wildman–Crippen LogP) is -0.188. The first kappa shape index (κ1) is 15.9. The number of pyridine rings is 1. The maximum atomic E-state index is 12.0. The van der Waals surface area contributed by atoms with Crippen molar-refractivity contribution in [1.29, 1.82) is 0 Å². The van der Waals surface area contributed by atoms with Crippen LogP contribution in [0.3, 0.4) is 0 Å². The molecule has 1 saturated carbocycles. The predicted molar refractivity (Wildman–Crippen MR) is 78.4 cm³/mol. The van der Waals surface area contributed by atoms with Gasteiger partial charge >= 0.3 is 0 Å². The number of rotatable bonds is 5. The lowest BCUT2D eigenvalue weighted by Crippen LogP contribution is -2.51. The molecular weight excluding hydrogens is 292 g/mol. The minimum atomic E-state index is -3.57. The topological polar surface area (TPSA) is 91.4 Å². The monoisotopic (exact) mass is 312 g/mol. The molecule has 2 N–H and O–H groups in total. The maximum absolute atomic E-state index is 12.0. The molecule has 0 unspecified atom stereocenters. The zero-order chi connectivity index (χ0) is 15.6. The highest BCUT2D eigenvalue weighted by Crippen LogP contribution is 2.23. The molecule has 0 aromatic carbocycles. The van der Waals surface area contributed by atoms with Gasteiger partial charge in [-0.25, -0.2) is 18.1 Å². The number of carbonyl (C=O) groups excluding carboxylic acids is 1. The van der Waals surface area contributed by atoms with Crippen LogP contribution in [0.5, 0.6) is 0 Å². The molecule has 0 spiro atoms. The Morgan fingerprint density at radius 3 is 2.48 bits per heavy atom. The van der Waals surface area contributed by atoms with Gasteiger partial charge in [0.15, 0.2) is 5.03 Å². The molecule has 0 radical (unpaired) electrons. The van der Waals surface area contributed by atoms with E-state index >= 15 is 0 Å². The number of nitrogens with zero attached hydrogens (tertiary/aromatic N) is 2. The number of aromatic nitrogens is 1. The van der Waals surface area contributed by atoms with Gasteiger partial charge in [-0.15, -0.1) is 0 Å². The highest BCUT2D eigenvalue weighted by atomic mass is 32.2. The fourth-order valence-electron chi connectivity index (χ4n) is 2.17. The Morgan fingerprint density at radius 1 is 1.33 bits per heavy atom. The van der Waals surface area contributed by atoms with Gasteiger partial charge in [-0.1, -0.05) is 0 Å². The summed E-state index contributed by atoms with van der Waals surface area (Å²) < 4.78 is 25.2. The largest absolute Gasteiger partial charge is 0.349 e. The number of amides is 1. The smallest absolute Gasteiger partial charge is 0.257 e. The summed E-state index contributed by atoms with van der Waals surface area (Å²) in [5.41, 5.74) is 0.360. The molecule has 116 valence electrons. The quantitative estimate of drug-likeness (QED) is 0.786. The van der Waals surface area contributed by atoms with Crippen LogP contribution in [0.2, 0.25) is 0 Å². The molecule has 2 rings (SSSR count). The lowest BCUT2D eigenvalue weighted by atomic mass is 9.86. The van der Waals surface area contributed by atoms with Gasteiger partial charge in [0, 0.05) is 18.3 Å². The highest BCUT2D eigenvalue weighted by molar-refractivity contribution is 7.89. The van der Waals surface area contributed by atoms with E-state index in [1.165, 1.54) is 25.4 Å². The van der Waals surface area contributed by atoms with Gasteiger partial charge in [0.2, 0.25) is 0 Å². The molecule has 0 bridgehead atoms. The van der Waals surface area contributed by atoms with E-state index in [1.54, 1.807) is 0 Å². The van der Waals surface area contributed by atoms with Crippen molar-refractivity contribution < 1.29 is 13.2 Å². The van der Waals surface area contributed by atoms with E-state index in [9.17, 15) is 13.2 Å². The number of sulfonamides is 1. The summed E-state index contributed by atoms with van der Waals surface area (Å²) in [5, 5.41) is 2.82. The molecule has 1 aromatic rings. The second-order valence-corrected chi connectivity index (χ2v) is 7.19. The molecule has 0 aliphatic heterocycles. The van der Waals surface area contributed by atoms with Crippen molar-refractivity contribution in [3.63, 3.8) is 0 Å². The Bertz CT molecular complexity index is 607. The molecule has 1 aromatic heterocycles. The van der Waals surface area contributed by atoms with E-state index < -0.39 is 10.0 Å². The first-order valence-electron chi connectivity index (χ1n) is 6.70. The van der Waals surface area contributed by atoms with Crippen molar-refractivity contribution in [3.8, 4) is 0 Å². The summed E-state index contributed by atoms with van der Waals surface area (Å²) in [6, 6.07) is 3.47. The van der Waals surface area contributed by atoms with Crippen LogP contribution in [0.15, 0.2) is 23.4 Å². The minimum absolute atomic E-state index is 0.0992. The van der Waals surface area contributed by atoms with Gasteiger partial charge in [0.1, 0.15) is 0 Å². The highest BCUT2D eigenvalue weighted by Gasteiger charge is 2.31. The standard InChI is InChI=1S/C13H20N4O3S/c1-14-21(19,20)12-5-4-9(8-15-12)13(18)16-10-6-11(7-10)17(2)3/h4-5,8,10-11,14H,6-7H2,1-3H3,(H,16,18). The van der Waals surface area contributed by atoms with Crippen molar-refractivity contribution in [3.05, 3.63) is 23.9 Å². The van der Waals surface area contributed by atoms with E-state index in [0.29, 0.717) is 11.6 Å². The summed E-state index contributed by atoms with van der Waals surface area (Å²) in [5.74, 6) is -0.224. The third-order valence-corrected chi connectivity index (χ3v) is 5.05. The second-order valence-electron chi connectivity index (χ2n) is 5.35. The molecule has 1 aliphatic rings. The van der Waals surface area contributed by atoms with Crippen LogP contribution in [0.25, 0.3) is 0 Å². The van der Waals surface area contributed by atoms with E-state index in [4.69, 9.17) is 0 Å². The Morgan fingerprint density at radius 2 is 2.00 bits per heavy atom. The van der Waals surface area contributed by atoms with Gasteiger partial charge in [-0.05, 0) is 46.1 Å². The average Bonchev–Trinajstić information content (AvgIpc) is 2.41. The van der Waals surface area contributed by atoms with Crippen molar-refractivity contribution in [2.45, 2.75) is 30.0 Å². The van der Waals surface area contributed by atoms with Crippen LogP contribution in [0.4, 0.5) is 0 Å². The van der Waals surface area contributed by atoms with E-state index in [1.807, 2.05) is 14.1 Å². The lowest BCUT2D eigenvalue weighted by molar-refractivity contribution is 0.0853. The summed E-state index contributed by atoms with van der Waals surface area (Å²) in [6.07, 6.45) is 3.14. The van der Waals surface area contributed by atoms with E-state index in [2.05, 4.69) is 19.9 Å². The third-order valence-electron chi connectivity index (χ3n) is 3.72. The average molecular weight is 312 g/mol. The number of hydrogen-bond donors (Lipinski definition) is 2. The minimum Gasteiger partial charge on any atom is -0.349 e. The van der Waals surface area contributed by atoms with Crippen LogP contribution in [0, 0.1) is 0 Å². The molecule has 0 saturated heterocycles. The Labute approximate surface area is 124 Å². The molecule has 1 amide bonds.